The summed E-state index contributed by atoms with van der Waals surface area (Å²) < 4.78 is 10.2. The molecule has 1 heterocycles. The van der Waals surface area contributed by atoms with Gasteiger partial charge in [-0.15, -0.1) is 0 Å². The van der Waals surface area contributed by atoms with E-state index in [-0.39, 0.29) is 11.9 Å². The maximum Gasteiger partial charge on any atom is 0.328 e. The molecule has 1 aromatic rings. The Labute approximate surface area is 118 Å². The second kappa shape index (κ2) is 6.41. The van der Waals surface area contributed by atoms with Crippen molar-refractivity contribution in [1.29, 1.82) is 0 Å². The summed E-state index contributed by atoms with van der Waals surface area (Å²) in [7, 11) is 1.35. The molecule has 1 aromatic carbocycles. The number of benzene rings is 1. The maximum absolute atomic E-state index is 12.1. The van der Waals surface area contributed by atoms with Crippen molar-refractivity contribution in [2.24, 2.45) is 0 Å². The van der Waals surface area contributed by atoms with Gasteiger partial charge in [-0.25, -0.2) is 4.79 Å². The summed E-state index contributed by atoms with van der Waals surface area (Å²) in [6.07, 6.45) is 1.80. The minimum Gasteiger partial charge on any atom is -0.494 e. The molecule has 0 aromatic heterocycles. The second-order valence-corrected chi connectivity index (χ2v) is 4.62. The molecule has 1 saturated heterocycles. The lowest BCUT2D eigenvalue weighted by Gasteiger charge is -2.33. The highest BCUT2D eigenvalue weighted by atomic mass is 16.5. The molecule has 0 radical (unpaired) electrons. The first-order valence-electron chi connectivity index (χ1n) is 6.80. The van der Waals surface area contributed by atoms with Crippen LogP contribution < -0.4 is 9.64 Å². The number of amides is 1. The molecular formula is C15H19NO4. The maximum atomic E-state index is 12.1. The number of methoxy groups -OCH3 is 1. The average molecular weight is 277 g/mol. The minimum absolute atomic E-state index is 0.0455. The van der Waals surface area contributed by atoms with Crippen LogP contribution in [0.2, 0.25) is 0 Å². The zero-order chi connectivity index (χ0) is 14.5. The number of rotatable bonds is 4. The van der Waals surface area contributed by atoms with Crippen LogP contribution in [0, 0.1) is 0 Å². The smallest absolute Gasteiger partial charge is 0.328 e. The van der Waals surface area contributed by atoms with Gasteiger partial charge in [0.05, 0.1) is 13.7 Å². The van der Waals surface area contributed by atoms with E-state index in [4.69, 9.17) is 9.47 Å². The highest BCUT2D eigenvalue weighted by Gasteiger charge is 2.34. The fraction of sp³-hybridized carbons (Fsp3) is 0.467. The van der Waals surface area contributed by atoms with Gasteiger partial charge in [-0.3, -0.25) is 9.69 Å². The van der Waals surface area contributed by atoms with Crippen LogP contribution in [0.15, 0.2) is 24.3 Å². The molecule has 0 spiro atoms. The van der Waals surface area contributed by atoms with E-state index in [1.165, 1.54) is 12.0 Å². The van der Waals surface area contributed by atoms with E-state index in [0.717, 1.165) is 5.75 Å². The predicted octanol–water partition coefficient (Wildman–Crippen LogP) is 2.14. The van der Waals surface area contributed by atoms with Gasteiger partial charge in [0.15, 0.2) is 0 Å². The molecule has 20 heavy (non-hydrogen) atoms. The number of nitrogens with zero attached hydrogens (tertiary/aromatic N) is 1. The molecule has 5 heteroatoms. The van der Waals surface area contributed by atoms with Gasteiger partial charge in [-0.1, -0.05) is 0 Å². The predicted molar refractivity (Wildman–Crippen MR) is 74.8 cm³/mol. The zero-order valence-electron chi connectivity index (χ0n) is 11.8. The lowest BCUT2D eigenvalue weighted by molar-refractivity contribution is -0.144. The van der Waals surface area contributed by atoms with E-state index in [1.807, 2.05) is 6.92 Å². The number of ether oxygens (including phenoxy) is 2. The standard InChI is InChI=1S/C15H19NO4/c1-3-20-12-9-7-11(8-10-12)16-13(15(18)19-2)5-4-6-14(16)17/h7-10,13H,3-6H2,1-2H3. The number of hydrogen-bond acceptors (Lipinski definition) is 4. The Morgan fingerprint density at radius 1 is 1.35 bits per heavy atom. The van der Waals surface area contributed by atoms with Crippen LogP contribution in [0.25, 0.3) is 0 Å². The largest absolute Gasteiger partial charge is 0.494 e. The molecule has 2 rings (SSSR count). The SMILES string of the molecule is CCOc1ccc(N2C(=O)CCCC2C(=O)OC)cc1. The van der Waals surface area contributed by atoms with Gasteiger partial charge >= 0.3 is 5.97 Å². The summed E-state index contributed by atoms with van der Waals surface area (Å²) in [5.41, 5.74) is 0.702. The van der Waals surface area contributed by atoms with E-state index in [2.05, 4.69) is 0 Å². The van der Waals surface area contributed by atoms with Gasteiger partial charge in [0.1, 0.15) is 11.8 Å². The van der Waals surface area contributed by atoms with Crippen LogP contribution in [0.4, 0.5) is 5.69 Å². The van der Waals surface area contributed by atoms with E-state index < -0.39 is 6.04 Å². The summed E-state index contributed by atoms with van der Waals surface area (Å²) in [4.78, 5) is 25.5. The fourth-order valence-electron chi connectivity index (χ4n) is 2.42. The monoisotopic (exact) mass is 277 g/mol. The lowest BCUT2D eigenvalue weighted by atomic mass is 10.0. The van der Waals surface area contributed by atoms with Gasteiger partial charge < -0.3 is 9.47 Å². The number of esters is 1. The van der Waals surface area contributed by atoms with Crippen molar-refractivity contribution in [3.05, 3.63) is 24.3 Å². The summed E-state index contributed by atoms with van der Waals surface area (Å²) in [6.45, 7) is 2.50. The van der Waals surface area contributed by atoms with Crippen molar-refractivity contribution in [2.45, 2.75) is 32.2 Å². The number of anilines is 1. The Hall–Kier alpha value is -2.04. The average Bonchev–Trinajstić information content (AvgIpc) is 2.47. The van der Waals surface area contributed by atoms with Crippen molar-refractivity contribution in [1.82, 2.24) is 0 Å². The second-order valence-electron chi connectivity index (χ2n) is 4.62. The van der Waals surface area contributed by atoms with E-state index in [0.29, 0.717) is 31.6 Å². The van der Waals surface area contributed by atoms with Crippen LogP contribution in [0.3, 0.4) is 0 Å². The van der Waals surface area contributed by atoms with Gasteiger partial charge in [-0.05, 0) is 44.0 Å². The highest BCUT2D eigenvalue weighted by molar-refractivity contribution is 6.00. The normalized spacial score (nSPS) is 18.8. The van der Waals surface area contributed by atoms with E-state index in [9.17, 15) is 9.59 Å². The molecule has 0 N–H and O–H groups in total. The first-order chi connectivity index (χ1) is 9.67. The third-order valence-electron chi connectivity index (χ3n) is 3.35. The van der Waals surface area contributed by atoms with Gasteiger partial charge in [0.2, 0.25) is 5.91 Å². The Kier molecular flexibility index (Phi) is 4.61. The summed E-state index contributed by atoms with van der Waals surface area (Å²) in [5.74, 6) is 0.332. The Bertz CT molecular complexity index is 483. The molecule has 1 atom stereocenters. The van der Waals surface area contributed by atoms with Crippen LogP contribution >= 0.6 is 0 Å². The van der Waals surface area contributed by atoms with Crippen molar-refractivity contribution in [3.8, 4) is 5.75 Å². The summed E-state index contributed by atoms with van der Waals surface area (Å²) in [6, 6.07) is 6.66. The van der Waals surface area contributed by atoms with Crippen molar-refractivity contribution >= 4 is 17.6 Å². The fourth-order valence-corrected chi connectivity index (χ4v) is 2.42. The molecule has 1 aliphatic rings. The van der Waals surface area contributed by atoms with Gasteiger partial charge in [0, 0.05) is 12.1 Å². The van der Waals surface area contributed by atoms with E-state index >= 15 is 0 Å². The van der Waals surface area contributed by atoms with Crippen LogP contribution in [-0.4, -0.2) is 31.6 Å². The Morgan fingerprint density at radius 2 is 2.05 bits per heavy atom. The van der Waals surface area contributed by atoms with Crippen LogP contribution in [-0.2, 0) is 14.3 Å². The molecule has 0 saturated carbocycles. The number of carbonyl (C=O) groups excluding carboxylic acids is 2. The first-order valence-corrected chi connectivity index (χ1v) is 6.80. The molecule has 1 fully saturated rings. The molecule has 0 aliphatic carbocycles. The molecule has 1 aliphatic heterocycles. The third-order valence-corrected chi connectivity index (χ3v) is 3.35. The lowest BCUT2D eigenvalue weighted by Crippen LogP contribution is -2.48. The van der Waals surface area contributed by atoms with Crippen LogP contribution in [0.5, 0.6) is 5.75 Å². The number of carbonyl (C=O) groups is 2. The summed E-state index contributed by atoms with van der Waals surface area (Å²) in [5, 5.41) is 0. The molecule has 108 valence electrons. The van der Waals surface area contributed by atoms with Gasteiger partial charge in [0.25, 0.3) is 0 Å². The zero-order valence-corrected chi connectivity index (χ0v) is 11.8. The molecule has 0 bridgehead atoms. The highest BCUT2D eigenvalue weighted by Crippen LogP contribution is 2.28. The summed E-state index contributed by atoms with van der Waals surface area (Å²) >= 11 is 0. The molecule has 1 amide bonds. The van der Waals surface area contributed by atoms with Crippen LogP contribution in [0.1, 0.15) is 26.2 Å². The number of hydrogen-bond donors (Lipinski definition) is 0. The third kappa shape index (κ3) is 2.92. The minimum atomic E-state index is -0.529. The Morgan fingerprint density at radius 3 is 2.65 bits per heavy atom. The quantitative estimate of drug-likeness (QED) is 0.791. The molecule has 1 unspecified atom stereocenters. The number of piperidine rings is 1. The van der Waals surface area contributed by atoms with Crippen molar-refractivity contribution < 1.29 is 19.1 Å². The van der Waals surface area contributed by atoms with Crippen molar-refractivity contribution in [2.75, 3.05) is 18.6 Å². The van der Waals surface area contributed by atoms with Crippen molar-refractivity contribution in [3.63, 3.8) is 0 Å². The van der Waals surface area contributed by atoms with E-state index in [1.54, 1.807) is 24.3 Å². The topological polar surface area (TPSA) is 55.8 Å². The van der Waals surface area contributed by atoms with Gasteiger partial charge in [-0.2, -0.15) is 0 Å². The molecular weight excluding hydrogens is 258 g/mol. The Balaban J connectivity index is 2.25. The first kappa shape index (κ1) is 14.4. The molecule has 5 nitrogen and oxygen atoms in total.